The van der Waals surface area contributed by atoms with E-state index in [0.29, 0.717) is 5.69 Å². The van der Waals surface area contributed by atoms with Crippen molar-refractivity contribution in [2.75, 3.05) is 18.1 Å². The second-order valence-corrected chi connectivity index (χ2v) is 4.64. The molecule has 1 amide bonds. The lowest BCUT2D eigenvalue weighted by Crippen LogP contribution is -2.50. The lowest BCUT2D eigenvalue weighted by Gasteiger charge is -2.30. The third-order valence-electron chi connectivity index (χ3n) is 3.12. The molecule has 1 aromatic rings. The van der Waals surface area contributed by atoms with E-state index in [2.05, 4.69) is 0 Å². The van der Waals surface area contributed by atoms with E-state index >= 15 is 0 Å². The fourth-order valence-electron chi connectivity index (χ4n) is 1.93. The van der Waals surface area contributed by atoms with Crippen molar-refractivity contribution in [1.82, 2.24) is 0 Å². The Hall–Kier alpha value is -1.76. The molecular formula is C12H13F3N2O2. The molecule has 0 spiro atoms. The Bertz CT molecular complexity index is 487. The van der Waals surface area contributed by atoms with E-state index in [-0.39, 0.29) is 13.2 Å². The number of nitrogens with zero attached hydrogens (tertiary/aromatic N) is 1. The number of rotatable bonds is 2. The van der Waals surface area contributed by atoms with Crippen LogP contribution in [-0.2, 0) is 10.9 Å². The van der Waals surface area contributed by atoms with E-state index in [9.17, 15) is 18.0 Å². The van der Waals surface area contributed by atoms with Gasteiger partial charge in [0, 0.05) is 12.2 Å². The Balaban J connectivity index is 2.34. The average Bonchev–Trinajstić information content (AvgIpc) is 2.65. The van der Waals surface area contributed by atoms with Crippen LogP contribution in [0.5, 0.6) is 0 Å². The maximum absolute atomic E-state index is 12.5. The summed E-state index contributed by atoms with van der Waals surface area (Å²) >= 11 is 0. The Morgan fingerprint density at radius 3 is 2.42 bits per heavy atom. The largest absolute Gasteiger partial charge is 0.447 e. The maximum atomic E-state index is 12.5. The lowest BCUT2D eigenvalue weighted by molar-refractivity contribution is -0.137. The van der Waals surface area contributed by atoms with E-state index in [1.54, 1.807) is 6.92 Å². The fraction of sp³-hybridized carbons (Fsp3) is 0.417. The van der Waals surface area contributed by atoms with Crippen LogP contribution in [0.25, 0.3) is 0 Å². The predicted octanol–water partition coefficient (Wildman–Crippen LogP) is 2.38. The molecule has 1 aliphatic rings. The minimum absolute atomic E-state index is 0.114. The number of amides is 1. The first-order valence-electron chi connectivity index (χ1n) is 5.62. The summed E-state index contributed by atoms with van der Waals surface area (Å²) in [5.41, 5.74) is 4.44. The van der Waals surface area contributed by atoms with Gasteiger partial charge in [0.2, 0.25) is 0 Å². The highest BCUT2D eigenvalue weighted by Crippen LogP contribution is 2.34. The van der Waals surface area contributed by atoms with Crippen LogP contribution in [0.3, 0.4) is 0 Å². The molecule has 19 heavy (non-hydrogen) atoms. The quantitative estimate of drug-likeness (QED) is 0.900. The first-order chi connectivity index (χ1) is 8.78. The summed E-state index contributed by atoms with van der Waals surface area (Å²) in [5.74, 6) is 0. The number of carbonyl (C=O) groups is 1. The molecule has 0 aromatic heterocycles. The highest BCUT2D eigenvalue weighted by molar-refractivity contribution is 5.91. The molecule has 7 heteroatoms. The molecule has 0 bridgehead atoms. The molecule has 1 fully saturated rings. The molecular weight excluding hydrogens is 261 g/mol. The molecule has 0 aliphatic carbocycles. The van der Waals surface area contributed by atoms with Crippen LogP contribution < -0.4 is 10.6 Å². The zero-order valence-electron chi connectivity index (χ0n) is 10.2. The average molecular weight is 274 g/mol. The number of halogens is 3. The molecule has 1 heterocycles. The van der Waals surface area contributed by atoms with E-state index in [1.165, 1.54) is 17.0 Å². The second kappa shape index (κ2) is 4.41. The number of benzene rings is 1. The third-order valence-corrected chi connectivity index (χ3v) is 3.12. The Morgan fingerprint density at radius 1 is 1.37 bits per heavy atom. The van der Waals surface area contributed by atoms with Crippen molar-refractivity contribution >= 4 is 11.8 Å². The summed E-state index contributed by atoms with van der Waals surface area (Å²) in [5, 5.41) is 0. The van der Waals surface area contributed by atoms with E-state index in [0.717, 1.165) is 12.1 Å². The van der Waals surface area contributed by atoms with Gasteiger partial charge in [0.15, 0.2) is 0 Å². The summed E-state index contributed by atoms with van der Waals surface area (Å²) in [6, 6.07) is 4.34. The van der Waals surface area contributed by atoms with Crippen molar-refractivity contribution in [1.29, 1.82) is 0 Å². The molecule has 1 aliphatic heterocycles. The van der Waals surface area contributed by atoms with Crippen LogP contribution in [0.1, 0.15) is 12.5 Å². The number of alkyl halides is 3. The van der Waals surface area contributed by atoms with Crippen molar-refractivity contribution in [2.45, 2.75) is 18.6 Å². The van der Waals surface area contributed by atoms with Crippen LogP contribution in [-0.4, -0.2) is 24.8 Å². The van der Waals surface area contributed by atoms with E-state index < -0.39 is 23.4 Å². The topological polar surface area (TPSA) is 55.6 Å². The molecule has 2 N–H and O–H groups in total. The van der Waals surface area contributed by atoms with Gasteiger partial charge in [0.05, 0.1) is 11.1 Å². The Morgan fingerprint density at radius 2 is 1.95 bits per heavy atom. The normalized spacial score (nSPS) is 23.6. The Labute approximate surface area is 107 Å². The van der Waals surface area contributed by atoms with Crippen molar-refractivity contribution in [3.63, 3.8) is 0 Å². The van der Waals surface area contributed by atoms with Gasteiger partial charge in [-0.15, -0.1) is 0 Å². The smallest absolute Gasteiger partial charge is 0.416 e. The molecule has 1 unspecified atom stereocenters. The van der Waals surface area contributed by atoms with Gasteiger partial charge in [-0.25, -0.2) is 4.79 Å². The van der Waals surface area contributed by atoms with Crippen molar-refractivity contribution in [2.24, 2.45) is 5.73 Å². The maximum Gasteiger partial charge on any atom is 0.416 e. The van der Waals surface area contributed by atoms with Crippen molar-refractivity contribution < 1.29 is 22.7 Å². The first-order valence-corrected chi connectivity index (χ1v) is 5.62. The van der Waals surface area contributed by atoms with Gasteiger partial charge >= 0.3 is 12.3 Å². The second-order valence-electron chi connectivity index (χ2n) is 4.64. The molecule has 104 valence electrons. The Kier molecular flexibility index (Phi) is 3.17. The molecule has 4 nitrogen and oxygen atoms in total. The summed E-state index contributed by atoms with van der Waals surface area (Å²) in [4.78, 5) is 12.9. The number of anilines is 1. The van der Waals surface area contributed by atoms with Gasteiger partial charge < -0.3 is 10.5 Å². The summed E-state index contributed by atoms with van der Waals surface area (Å²) in [7, 11) is 0. The lowest BCUT2D eigenvalue weighted by atomic mass is 10.0. The molecule has 1 aromatic carbocycles. The third kappa shape index (κ3) is 2.37. The molecule has 1 saturated heterocycles. The van der Waals surface area contributed by atoms with Gasteiger partial charge in [-0.05, 0) is 31.2 Å². The SMILES string of the molecule is CC1(CN)COC(=O)N1c1ccc(C(F)(F)F)cc1. The monoisotopic (exact) mass is 274 g/mol. The highest BCUT2D eigenvalue weighted by atomic mass is 19.4. The van der Waals surface area contributed by atoms with Gasteiger partial charge in [-0.2, -0.15) is 13.2 Å². The van der Waals surface area contributed by atoms with Crippen LogP contribution in [0, 0.1) is 0 Å². The van der Waals surface area contributed by atoms with Crippen molar-refractivity contribution in [3.05, 3.63) is 29.8 Å². The van der Waals surface area contributed by atoms with E-state index in [1.807, 2.05) is 0 Å². The van der Waals surface area contributed by atoms with Crippen molar-refractivity contribution in [3.8, 4) is 0 Å². The van der Waals surface area contributed by atoms with E-state index in [4.69, 9.17) is 10.5 Å². The number of hydrogen-bond acceptors (Lipinski definition) is 3. The zero-order valence-corrected chi connectivity index (χ0v) is 10.2. The summed E-state index contributed by atoms with van der Waals surface area (Å²) in [6.45, 7) is 1.98. The molecule has 1 atom stereocenters. The van der Waals surface area contributed by atoms with Gasteiger partial charge in [-0.3, -0.25) is 4.90 Å². The molecule has 0 radical (unpaired) electrons. The minimum atomic E-state index is -4.40. The van der Waals surface area contributed by atoms with Crippen LogP contribution in [0.2, 0.25) is 0 Å². The van der Waals surface area contributed by atoms with Gasteiger partial charge in [-0.1, -0.05) is 0 Å². The number of ether oxygens (including phenoxy) is 1. The highest BCUT2D eigenvalue weighted by Gasteiger charge is 2.44. The van der Waals surface area contributed by atoms with Crippen LogP contribution in [0.15, 0.2) is 24.3 Å². The molecule has 2 rings (SSSR count). The number of cyclic esters (lactones) is 1. The van der Waals surface area contributed by atoms with Gasteiger partial charge in [0.1, 0.15) is 6.61 Å². The zero-order chi connectivity index (χ0) is 14.3. The standard InChI is InChI=1S/C12H13F3N2O2/c1-11(6-16)7-19-10(18)17(11)9-4-2-8(3-5-9)12(13,14)15/h2-5H,6-7,16H2,1H3. The van der Waals surface area contributed by atoms with Gasteiger partial charge in [0.25, 0.3) is 0 Å². The number of nitrogens with two attached hydrogens (primary N) is 1. The molecule has 0 saturated carbocycles. The van der Waals surface area contributed by atoms with Crippen LogP contribution >= 0.6 is 0 Å². The first kappa shape index (κ1) is 13.7. The van der Waals surface area contributed by atoms with Crippen LogP contribution in [0.4, 0.5) is 23.7 Å². The minimum Gasteiger partial charge on any atom is -0.447 e. The number of carbonyl (C=O) groups excluding carboxylic acids is 1. The summed E-state index contributed by atoms with van der Waals surface area (Å²) < 4.78 is 42.3. The fourth-order valence-corrected chi connectivity index (χ4v) is 1.93. The summed E-state index contributed by atoms with van der Waals surface area (Å²) in [6.07, 6.45) is -5.01. The number of hydrogen-bond donors (Lipinski definition) is 1. The predicted molar refractivity (Wildman–Crippen MR) is 62.7 cm³/mol.